The van der Waals surface area contributed by atoms with Crippen LogP contribution < -0.4 is 5.32 Å². The maximum absolute atomic E-state index is 13.3. The number of amides is 2. The Hall–Kier alpha value is -2.64. The molecule has 1 fully saturated rings. The van der Waals surface area contributed by atoms with Gasteiger partial charge in [0.2, 0.25) is 11.8 Å². The second-order valence-electron chi connectivity index (χ2n) is 9.19. The smallest absolute Gasteiger partial charge is 0.331 e. The van der Waals surface area contributed by atoms with E-state index in [2.05, 4.69) is 5.32 Å². The second-order valence-corrected chi connectivity index (χ2v) is 11.3. The molecule has 0 aliphatic carbocycles. The highest BCUT2D eigenvalue weighted by atomic mass is 31.2. The summed E-state index contributed by atoms with van der Waals surface area (Å²) >= 11 is 0. The summed E-state index contributed by atoms with van der Waals surface area (Å²) in [5.41, 5.74) is 0.215. The summed E-state index contributed by atoms with van der Waals surface area (Å²) in [7, 11) is -2.22. The Labute approximate surface area is 234 Å². The molecule has 1 aliphatic heterocycles. The number of ether oxygens (including phenoxy) is 3. The van der Waals surface area contributed by atoms with Crippen LogP contribution in [0.15, 0.2) is 11.8 Å². The predicted octanol–water partition coefficient (Wildman–Crippen LogP) is 1.86. The Kier molecular flexibility index (Phi) is 14.7. The number of aliphatic carboxylic acids is 1. The first-order chi connectivity index (χ1) is 18.7. The first kappa shape index (κ1) is 35.4. The van der Waals surface area contributed by atoms with Crippen molar-refractivity contribution in [3.05, 3.63) is 11.8 Å². The Bertz CT molecular complexity index is 990. The third kappa shape index (κ3) is 10.7. The normalized spacial score (nSPS) is 21.9. The summed E-state index contributed by atoms with van der Waals surface area (Å²) in [5.74, 6) is -4.15. The fourth-order valence-electron chi connectivity index (χ4n) is 3.96. The number of carbonyl (C=O) groups is 5. The second kappa shape index (κ2) is 16.6. The number of ketones is 1. The quantitative estimate of drug-likeness (QED) is 0.142. The van der Waals surface area contributed by atoms with Gasteiger partial charge < -0.3 is 33.7 Å². The molecule has 2 N–H and O–H groups in total. The van der Waals surface area contributed by atoms with Crippen LogP contribution in [-0.2, 0) is 51.8 Å². The van der Waals surface area contributed by atoms with Crippen molar-refractivity contribution in [2.24, 2.45) is 5.92 Å². The number of carbonyl (C=O) groups excluding carboxylic acids is 4. The van der Waals surface area contributed by atoms with Gasteiger partial charge in [-0.15, -0.1) is 0 Å². The average molecular weight is 593 g/mol. The van der Waals surface area contributed by atoms with Gasteiger partial charge in [-0.1, -0.05) is 6.92 Å². The van der Waals surface area contributed by atoms with Crippen LogP contribution in [0.4, 0.5) is 0 Å². The van der Waals surface area contributed by atoms with Crippen molar-refractivity contribution >= 4 is 37.1 Å². The fraction of sp³-hybridized carbons (Fsp3) is 0.720. The van der Waals surface area contributed by atoms with Crippen LogP contribution in [0.2, 0.25) is 0 Å². The van der Waals surface area contributed by atoms with E-state index in [4.69, 9.17) is 28.4 Å². The average Bonchev–Trinajstić information content (AvgIpc) is 3.21. The van der Waals surface area contributed by atoms with Crippen LogP contribution in [0.5, 0.6) is 0 Å². The maximum Gasteiger partial charge on any atom is 0.331 e. The number of allylic oxidation sites excluding steroid dienone is 1. The van der Waals surface area contributed by atoms with Crippen molar-refractivity contribution in [2.75, 3.05) is 33.0 Å². The summed E-state index contributed by atoms with van der Waals surface area (Å²) in [4.78, 5) is 61.4. The number of nitrogens with one attached hydrogen (secondary N) is 1. The molecule has 1 rings (SSSR count). The molecule has 0 saturated carbocycles. The van der Waals surface area contributed by atoms with Gasteiger partial charge >= 0.3 is 19.5 Å². The molecule has 0 aromatic rings. The van der Waals surface area contributed by atoms with Gasteiger partial charge in [-0.25, -0.2) is 0 Å². The predicted molar refractivity (Wildman–Crippen MR) is 141 cm³/mol. The fourth-order valence-corrected chi connectivity index (χ4v) is 5.94. The van der Waals surface area contributed by atoms with Crippen LogP contribution in [0.3, 0.4) is 0 Å². The van der Waals surface area contributed by atoms with E-state index in [1.165, 1.54) is 34.0 Å². The molecule has 15 heteroatoms. The Balaban J connectivity index is 3.59. The highest BCUT2D eigenvalue weighted by Crippen LogP contribution is 2.51. The highest BCUT2D eigenvalue weighted by Gasteiger charge is 2.53. The summed E-state index contributed by atoms with van der Waals surface area (Å²) in [6.45, 7) is 8.72. The molecule has 228 valence electrons. The third-order valence-corrected chi connectivity index (χ3v) is 8.30. The van der Waals surface area contributed by atoms with E-state index in [1.807, 2.05) is 0 Å². The summed E-state index contributed by atoms with van der Waals surface area (Å²) < 4.78 is 41.8. The minimum atomic E-state index is -3.61. The minimum absolute atomic E-state index is 0.108. The summed E-state index contributed by atoms with van der Waals surface area (Å²) in [6, 6.07) is 0. The van der Waals surface area contributed by atoms with Crippen molar-refractivity contribution in [3.63, 3.8) is 0 Å². The number of likely N-dealkylation sites (N-methyl/N-ethyl adjacent to an activating group) is 1. The summed E-state index contributed by atoms with van der Waals surface area (Å²) in [6.07, 6.45) is -4.70. The molecule has 1 saturated heterocycles. The zero-order valence-electron chi connectivity index (χ0n) is 24.0. The number of carboxylic acid groups (broad SMARTS) is 1. The van der Waals surface area contributed by atoms with Gasteiger partial charge in [0.25, 0.3) is 0 Å². The van der Waals surface area contributed by atoms with Crippen molar-refractivity contribution in [3.8, 4) is 0 Å². The van der Waals surface area contributed by atoms with Gasteiger partial charge in [0.15, 0.2) is 18.1 Å². The van der Waals surface area contributed by atoms with E-state index >= 15 is 0 Å². The van der Waals surface area contributed by atoms with Crippen LogP contribution in [-0.4, -0.2) is 97.1 Å². The first-order valence-electron chi connectivity index (χ1n) is 12.9. The molecule has 0 aromatic carbocycles. The molecule has 0 unspecified atom stereocenters. The van der Waals surface area contributed by atoms with Gasteiger partial charge in [0.05, 0.1) is 32.2 Å². The van der Waals surface area contributed by atoms with Gasteiger partial charge in [0, 0.05) is 25.7 Å². The highest BCUT2D eigenvalue weighted by molar-refractivity contribution is 7.53. The largest absolute Gasteiger partial charge is 0.481 e. The molecular weight excluding hydrogens is 551 g/mol. The number of Topliss-reactive ketones (excluding diaryl/α,β-unsaturated/α-hetero) is 1. The molecule has 5 atom stereocenters. The SMILES string of the molecule is CCOP(=O)(C[C@@H](C)[C@H]1O[C@@H](N(/C=C(/C)C(C)=O)C(C)=O)[C@H](OCC(=O)NC)[C@@H]1OC(=O)CCC(=O)O)OCC. The molecule has 1 heterocycles. The third-order valence-electron chi connectivity index (χ3n) is 5.97. The monoisotopic (exact) mass is 592 g/mol. The molecule has 2 amide bonds. The van der Waals surface area contributed by atoms with Crippen molar-refractivity contribution in [1.82, 2.24) is 10.2 Å². The Morgan fingerprint density at radius 1 is 1.05 bits per heavy atom. The molecule has 1 aliphatic rings. The van der Waals surface area contributed by atoms with E-state index in [9.17, 15) is 28.5 Å². The molecule has 14 nitrogen and oxygen atoms in total. The van der Waals surface area contributed by atoms with E-state index in [1.54, 1.807) is 20.8 Å². The number of nitrogens with zero attached hydrogens (tertiary/aromatic N) is 1. The lowest BCUT2D eigenvalue weighted by atomic mass is 9.99. The maximum atomic E-state index is 13.3. The summed E-state index contributed by atoms with van der Waals surface area (Å²) in [5, 5.41) is 11.4. The van der Waals surface area contributed by atoms with Crippen LogP contribution in [0.1, 0.15) is 54.4 Å². The number of esters is 1. The molecule has 0 radical (unpaired) electrons. The molecule has 0 aromatic heterocycles. The number of carboxylic acids is 1. The zero-order valence-corrected chi connectivity index (χ0v) is 24.9. The van der Waals surface area contributed by atoms with Gasteiger partial charge in [0.1, 0.15) is 18.8 Å². The topological polar surface area (TPSA) is 184 Å². The van der Waals surface area contributed by atoms with Crippen molar-refractivity contribution < 1.29 is 56.9 Å². The lowest BCUT2D eigenvalue weighted by Gasteiger charge is -2.30. The van der Waals surface area contributed by atoms with Gasteiger partial charge in [-0.3, -0.25) is 33.4 Å². The van der Waals surface area contributed by atoms with Crippen molar-refractivity contribution in [1.29, 1.82) is 0 Å². The number of hydrogen-bond acceptors (Lipinski definition) is 11. The lowest BCUT2D eigenvalue weighted by Crippen LogP contribution is -2.48. The van der Waals surface area contributed by atoms with Gasteiger partial charge in [-0.2, -0.15) is 0 Å². The molecular formula is C25H41N2O12P. The van der Waals surface area contributed by atoms with Crippen LogP contribution >= 0.6 is 7.60 Å². The number of rotatable bonds is 17. The van der Waals surface area contributed by atoms with Crippen molar-refractivity contribution in [2.45, 2.75) is 78.9 Å². The van der Waals surface area contributed by atoms with Crippen LogP contribution in [0, 0.1) is 5.92 Å². The molecule has 0 bridgehead atoms. The minimum Gasteiger partial charge on any atom is -0.481 e. The van der Waals surface area contributed by atoms with Gasteiger partial charge in [-0.05, 0) is 33.6 Å². The van der Waals surface area contributed by atoms with E-state index < -0.39 is 81.3 Å². The first-order valence-corrected chi connectivity index (χ1v) is 14.7. The number of hydrogen-bond donors (Lipinski definition) is 2. The zero-order chi connectivity index (χ0) is 30.6. The Morgan fingerprint density at radius 3 is 2.12 bits per heavy atom. The van der Waals surface area contributed by atoms with Crippen LogP contribution in [0.25, 0.3) is 0 Å². The van der Waals surface area contributed by atoms with E-state index in [0.29, 0.717) is 0 Å². The van der Waals surface area contributed by atoms with E-state index in [0.717, 1.165) is 4.90 Å². The Morgan fingerprint density at radius 2 is 1.65 bits per heavy atom. The molecule has 40 heavy (non-hydrogen) atoms. The standard InChI is InChI=1S/C25H41N2O12P/c1-8-36-40(34,37-9-2)14-16(4)22-23(38-21(33)11-10-20(31)32)24(35-13-19(30)26-7)25(39-22)27(18(6)29)12-15(3)17(5)28/h12,16,22-25H,8-11,13-14H2,1-7H3,(H,26,30)(H,31,32)/b15-12-/t16-,22-,23-,24-,25-/m1/s1. The van der Waals surface area contributed by atoms with E-state index in [-0.39, 0.29) is 30.7 Å². The molecule has 0 spiro atoms. The lowest BCUT2D eigenvalue weighted by molar-refractivity contribution is -0.161.